The molecule has 0 bridgehead atoms. The molecule has 1 aromatic rings. The van der Waals surface area contributed by atoms with Gasteiger partial charge in [0.05, 0.1) is 6.54 Å². The number of carbonyl (C=O) groups excluding carboxylic acids is 1. The van der Waals surface area contributed by atoms with Gasteiger partial charge in [0.15, 0.2) is 0 Å². The van der Waals surface area contributed by atoms with E-state index in [0.29, 0.717) is 6.54 Å². The molecule has 1 amide bonds. The predicted molar refractivity (Wildman–Crippen MR) is 78.5 cm³/mol. The van der Waals surface area contributed by atoms with E-state index in [0.717, 1.165) is 42.6 Å². The largest absolute Gasteiger partial charge is 0.478 e. The van der Waals surface area contributed by atoms with Crippen molar-refractivity contribution in [3.05, 3.63) is 28.0 Å². The Bertz CT molecular complexity index is 524. The molecular formula is C14H18N2O3S. The Morgan fingerprint density at radius 1 is 1.50 bits per heavy atom. The molecule has 0 saturated carbocycles. The number of likely N-dealkylation sites (N-methyl/N-ethyl adjacent to an activating group) is 1. The number of rotatable bonds is 4. The maximum absolute atomic E-state index is 11.8. The smallest absolute Gasteiger partial charge is 0.328 e. The lowest BCUT2D eigenvalue weighted by molar-refractivity contribution is -0.131. The molecule has 2 heterocycles. The van der Waals surface area contributed by atoms with Gasteiger partial charge < -0.3 is 10.0 Å². The van der Waals surface area contributed by atoms with Crippen LogP contribution in [0.3, 0.4) is 0 Å². The molecule has 1 aliphatic heterocycles. The topological polar surface area (TPSA) is 60.9 Å². The summed E-state index contributed by atoms with van der Waals surface area (Å²) in [4.78, 5) is 27.3. The first-order valence-corrected chi connectivity index (χ1v) is 7.37. The van der Waals surface area contributed by atoms with Crippen molar-refractivity contribution in [2.45, 2.75) is 13.0 Å². The van der Waals surface area contributed by atoms with Crippen LogP contribution >= 0.6 is 11.3 Å². The minimum absolute atomic E-state index is 0.157. The van der Waals surface area contributed by atoms with E-state index in [1.165, 1.54) is 0 Å². The fourth-order valence-corrected chi connectivity index (χ4v) is 3.03. The molecule has 5 nitrogen and oxygen atoms in total. The van der Waals surface area contributed by atoms with Gasteiger partial charge in [-0.15, -0.1) is 11.3 Å². The molecule has 0 radical (unpaired) electrons. The van der Waals surface area contributed by atoms with E-state index in [2.05, 4.69) is 4.90 Å². The van der Waals surface area contributed by atoms with Crippen molar-refractivity contribution in [3.63, 3.8) is 0 Å². The van der Waals surface area contributed by atoms with Crippen molar-refractivity contribution in [2.75, 3.05) is 26.7 Å². The summed E-state index contributed by atoms with van der Waals surface area (Å²) >= 11 is 1.59. The maximum atomic E-state index is 11.8. The van der Waals surface area contributed by atoms with Crippen molar-refractivity contribution < 1.29 is 14.7 Å². The average molecular weight is 294 g/mol. The molecule has 0 atom stereocenters. The Hall–Kier alpha value is -1.66. The molecule has 2 rings (SSSR count). The van der Waals surface area contributed by atoms with Gasteiger partial charge in [0, 0.05) is 37.6 Å². The molecule has 0 aromatic carbocycles. The second-order valence-corrected chi connectivity index (χ2v) is 5.89. The molecule has 1 fully saturated rings. The van der Waals surface area contributed by atoms with Crippen LogP contribution in [-0.2, 0) is 16.1 Å². The van der Waals surface area contributed by atoms with Crippen LogP contribution in [0, 0.1) is 0 Å². The molecule has 108 valence electrons. The molecular weight excluding hydrogens is 276 g/mol. The van der Waals surface area contributed by atoms with E-state index in [9.17, 15) is 9.59 Å². The molecule has 0 aliphatic carbocycles. The van der Waals surface area contributed by atoms with Crippen LogP contribution in [0.15, 0.2) is 17.5 Å². The van der Waals surface area contributed by atoms with Crippen LogP contribution in [0.1, 0.15) is 16.9 Å². The highest BCUT2D eigenvalue weighted by Gasteiger charge is 2.19. The minimum Gasteiger partial charge on any atom is -0.478 e. The first-order chi connectivity index (χ1) is 9.54. The minimum atomic E-state index is -0.945. The van der Waals surface area contributed by atoms with Crippen LogP contribution in [-0.4, -0.2) is 53.5 Å². The number of hydrogen-bond acceptors (Lipinski definition) is 4. The van der Waals surface area contributed by atoms with E-state index < -0.39 is 5.97 Å². The Balaban J connectivity index is 1.96. The summed E-state index contributed by atoms with van der Waals surface area (Å²) in [5.41, 5.74) is 0.894. The van der Waals surface area contributed by atoms with Crippen molar-refractivity contribution in [1.29, 1.82) is 0 Å². The second-order valence-electron chi connectivity index (χ2n) is 4.90. The van der Waals surface area contributed by atoms with Gasteiger partial charge in [0.25, 0.3) is 0 Å². The van der Waals surface area contributed by atoms with E-state index >= 15 is 0 Å². The first kappa shape index (κ1) is 14.7. The van der Waals surface area contributed by atoms with Crippen molar-refractivity contribution >= 4 is 29.3 Å². The third-order valence-electron chi connectivity index (χ3n) is 3.22. The highest BCUT2D eigenvalue weighted by atomic mass is 32.1. The molecule has 0 unspecified atom stereocenters. The molecule has 1 aromatic heterocycles. The highest BCUT2D eigenvalue weighted by Crippen LogP contribution is 2.19. The monoisotopic (exact) mass is 294 g/mol. The van der Waals surface area contributed by atoms with Gasteiger partial charge in [-0.1, -0.05) is 0 Å². The normalized spacial score (nSPS) is 17.6. The number of carboxylic acid groups (broad SMARTS) is 1. The molecule has 1 aliphatic rings. The summed E-state index contributed by atoms with van der Waals surface area (Å²) in [5.74, 6) is -0.788. The van der Waals surface area contributed by atoms with Gasteiger partial charge >= 0.3 is 5.97 Å². The van der Waals surface area contributed by atoms with Crippen molar-refractivity contribution in [2.24, 2.45) is 0 Å². The first-order valence-electron chi connectivity index (χ1n) is 6.49. The third kappa shape index (κ3) is 4.18. The predicted octanol–water partition coefficient (Wildman–Crippen LogP) is 1.51. The maximum Gasteiger partial charge on any atom is 0.328 e. The zero-order valence-electron chi connectivity index (χ0n) is 11.4. The number of hydrogen-bond donors (Lipinski definition) is 1. The number of nitrogens with zero attached hydrogens (tertiary/aromatic N) is 2. The highest BCUT2D eigenvalue weighted by molar-refractivity contribution is 7.10. The summed E-state index contributed by atoms with van der Waals surface area (Å²) in [6.07, 6.45) is 3.71. The Morgan fingerprint density at radius 2 is 2.30 bits per heavy atom. The lowest BCUT2D eigenvalue weighted by Gasteiger charge is -2.18. The summed E-state index contributed by atoms with van der Waals surface area (Å²) in [6.45, 7) is 2.92. The Labute approximate surface area is 122 Å². The summed E-state index contributed by atoms with van der Waals surface area (Å²) in [6, 6.07) is 1.98. The lowest BCUT2D eigenvalue weighted by atomic mass is 10.2. The van der Waals surface area contributed by atoms with Crippen LogP contribution < -0.4 is 0 Å². The van der Waals surface area contributed by atoms with Crippen LogP contribution in [0.4, 0.5) is 0 Å². The fourth-order valence-electron chi connectivity index (χ4n) is 2.14. The zero-order valence-corrected chi connectivity index (χ0v) is 12.2. The molecule has 1 N–H and O–H groups in total. The number of aliphatic carboxylic acids is 1. The van der Waals surface area contributed by atoms with Gasteiger partial charge in [-0.3, -0.25) is 9.69 Å². The Kier molecular flexibility index (Phi) is 4.92. The number of carboxylic acids is 1. The van der Waals surface area contributed by atoms with E-state index in [-0.39, 0.29) is 5.91 Å². The lowest BCUT2D eigenvalue weighted by Crippen LogP contribution is -2.33. The molecule has 0 spiro atoms. The average Bonchev–Trinajstić information content (AvgIpc) is 2.76. The Morgan fingerprint density at radius 3 is 3.05 bits per heavy atom. The van der Waals surface area contributed by atoms with Gasteiger partial charge in [0.2, 0.25) is 5.91 Å². The van der Waals surface area contributed by atoms with Gasteiger partial charge in [-0.25, -0.2) is 4.79 Å². The van der Waals surface area contributed by atoms with Crippen molar-refractivity contribution in [1.82, 2.24) is 9.80 Å². The second kappa shape index (κ2) is 6.67. The van der Waals surface area contributed by atoms with E-state index in [1.807, 2.05) is 18.5 Å². The standard InChI is InChI=1S/C14H18N2O3S/c1-15-5-2-6-16(9-13(15)17)8-12-7-11(10-20-12)3-4-14(18)19/h3-4,7,10H,2,5-6,8-9H2,1H3,(H,18,19)/b4-3+. The number of carbonyl (C=O) groups is 2. The number of thiophene rings is 1. The van der Waals surface area contributed by atoms with E-state index in [1.54, 1.807) is 22.3 Å². The SMILES string of the molecule is CN1CCCN(Cc2cc(/C=C/C(=O)O)cs2)CC1=O. The molecule has 6 heteroatoms. The van der Waals surface area contributed by atoms with Gasteiger partial charge in [-0.2, -0.15) is 0 Å². The summed E-state index contributed by atoms with van der Waals surface area (Å²) in [7, 11) is 1.84. The molecule has 1 saturated heterocycles. The summed E-state index contributed by atoms with van der Waals surface area (Å²) in [5, 5.41) is 10.5. The molecule has 20 heavy (non-hydrogen) atoms. The number of amides is 1. The van der Waals surface area contributed by atoms with Gasteiger partial charge in [-0.05, 0) is 29.5 Å². The van der Waals surface area contributed by atoms with Gasteiger partial charge in [0.1, 0.15) is 0 Å². The van der Waals surface area contributed by atoms with E-state index in [4.69, 9.17) is 5.11 Å². The summed E-state index contributed by atoms with van der Waals surface area (Å²) < 4.78 is 0. The van der Waals surface area contributed by atoms with Crippen LogP contribution in [0.25, 0.3) is 6.08 Å². The quantitative estimate of drug-likeness (QED) is 0.855. The third-order valence-corrected chi connectivity index (χ3v) is 4.16. The van der Waals surface area contributed by atoms with Crippen LogP contribution in [0.5, 0.6) is 0 Å². The van der Waals surface area contributed by atoms with Crippen LogP contribution in [0.2, 0.25) is 0 Å². The zero-order chi connectivity index (χ0) is 14.5. The van der Waals surface area contributed by atoms with Crippen molar-refractivity contribution in [3.8, 4) is 0 Å². The fraction of sp³-hybridized carbons (Fsp3) is 0.429.